The van der Waals surface area contributed by atoms with Gasteiger partial charge in [0.25, 0.3) is 0 Å². The van der Waals surface area contributed by atoms with Crippen LogP contribution in [0.4, 0.5) is 5.88 Å². The number of anilines is 1. The minimum atomic E-state index is 0.327. The van der Waals surface area contributed by atoms with Gasteiger partial charge in [-0.2, -0.15) is 0 Å². The van der Waals surface area contributed by atoms with Crippen molar-refractivity contribution in [2.24, 2.45) is 0 Å². The Morgan fingerprint density at radius 3 is 2.83 bits per heavy atom. The molecule has 5 heteroatoms. The number of thiophene rings is 1. The van der Waals surface area contributed by atoms with Gasteiger partial charge in [-0.3, -0.25) is 0 Å². The molecule has 2 heterocycles. The third kappa shape index (κ3) is 1.19. The molecule has 0 fully saturated rings. The molecule has 0 saturated carbocycles. The molecule has 0 spiro atoms. The molecule has 0 aliphatic heterocycles. The van der Waals surface area contributed by atoms with Crippen LogP contribution in [0.3, 0.4) is 0 Å². The van der Waals surface area contributed by atoms with Crippen LogP contribution in [0.25, 0.3) is 10.4 Å². The lowest BCUT2D eigenvalue weighted by Gasteiger charge is -1.88. The van der Waals surface area contributed by atoms with Crippen LogP contribution >= 0.6 is 22.9 Å². The molecule has 0 unspecified atom stereocenters. The highest BCUT2D eigenvalue weighted by molar-refractivity contribution is 7.19. The molecule has 0 radical (unpaired) electrons. The van der Waals surface area contributed by atoms with Crippen molar-refractivity contribution in [2.45, 2.75) is 0 Å². The summed E-state index contributed by atoms with van der Waals surface area (Å²) in [4.78, 5) is 0.971. The number of nitrogens with zero attached hydrogens (tertiary/aromatic N) is 1. The fraction of sp³-hybridized carbons (Fsp3) is 0. The van der Waals surface area contributed by atoms with Crippen LogP contribution in [0.15, 0.2) is 22.9 Å². The van der Waals surface area contributed by atoms with E-state index in [0.29, 0.717) is 5.88 Å². The van der Waals surface area contributed by atoms with E-state index in [1.165, 1.54) is 11.3 Å². The van der Waals surface area contributed by atoms with E-state index in [9.17, 15) is 0 Å². The molecule has 0 saturated heterocycles. The monoisotopic (exact) mass is 200 g/mol. The fourth-order valence-corrected chi connectivity index (χ4v) is 1.95. The van der Waals surface area contributed by atoms with Crippen molar-refractivity contribution in [1.82, 2.24) is 5.16 Å². The Morgan fingerprint density at radius 1 is 1.50 bits per heavy atom. The smallest absolute Gasteiger partial charge is 0.230 e. The van der Waals surface area contributed by atoms with Crippen molar-refractivity contribution in [2.75, 3.05) is 5.73 Å². The lowest BCUT2D eigenvalue weighted by atomic mass is 10.3. The van der Waals surface area contributed by atoms with Crippen LogP contribution in [0.2, 0.25) is 4.34 Å². The molecule has 2 aromatic rings. The third-order valence-electron chi connectivity index (χ3n) is 1.44. The maximum atomic E-state index is 5.76. The Bertz CT molecular complexity index is 396. The maximum Gasteiger partial charge on any atom is 0.230 e. The van der Waals surface area contributed by atoms with Gasteiger partial charge < -0.3 is 10.3 Å². The normalized spacial score (nSPS) is 10.4. The quantitative estimate of drug-likeness (QED) is 0.770. The van der Waals surface area contributed by atoms with Gasteiger partial charge in [-0.05, 0) is 12.1 Å². The summed E-state index contributed by atoms with van der Waals surface area (Å²) in [6.45, 7) is 0. The summed E-state index contributed by atoms with van der Waals surface area (Å²) in [6, 6.07) is 3.70. The summed E-state index contributed by atoms with van der Waals surface area (Å²) in [5.74, 6) is 0.327. The molecule has 62 valence electrons. The molecule has 0 atom stereocenters. The van der Waals surface area contributed by atoms with Crippen molar-refractivity contribution in [3.8, 4) is 10.4 Å². The Kier molecular flexibility index (Phi) is 1.78. The fourth-order valence-electron chi connectivity index (χ4n) is 0.893. The van der Waals surface area contributed by atoms with Gasteiger partial charge in [-0.15, -0.1) is 11.3 Å². The van der Waals surface area contributed by atoms with Gasteiger partial charge >= 0.3 is 0 Å². The number of halogens is 1. The largest absolute Gasteiger partial charge is 0.367 e. The Balaban J connectivity index is 2.50. The molecule has 2 rings (SSSR count). The van der Waals surface area contributed by atoms with E-state index in [0.717, 1.165) is 14.8 Å². The second kappa shape index (κ2) is 2.80. The van der Waals surface area contributed by atoms with Crippen molar-refractivity contribution in [1.29, 1.82) is 0 Å². The molecule has 0 aliphatic carbocycles. The zero-order valence-electron chi connectivity index (χ0n) is 5.95. The lowest BCUT2D eigenvalue weighted by molar-refractivity contribution is 0.437. The van der Waals surface area contributed by atoms with Crippen LogP contribution in [-0.4, -0.2) is 5.16 Å². The standard InChI is InChI=1S/C7H5ClN2OS/c8-6-2-1-5(12-6)4-3-10-11-7(4)9/h1-3H,9H2. The van der Waals surface area contributed by atoms with Crippen LogP contribution in [-0.2, 0) is 0 Å². The average Bonchev–Trinajstić information content (AvgIpc) is 2.58. The summed E-state index contributed by atoms with van der Waals surface area (Å²) in [7, 11) is 0. The van der Waals surface area contributed by atoms with Crippen LogP contribution < -0.4 is 5.73 Å². The first-order chi connectivity index (χ1) is 5.77. The number of aromatic nitrogens is 1. The van der Waals surface area contributed by atoms with Gasteiger partial charge in [0.05, 0.1) is 16.1 Å². The number of hydrogen-bond acceptors (Lipinski definition) is 4. The average molecular weight is 201 g/mol. The predicted octanol–water partition coefficient (Wildman–Crippen LogP) is 2.64. The third-order valence-corrected chi connectivity index (χ3v) is 2.70. The first-order valence-electron chi connectivity index (χ1n) is 3.23. The minimum absolute atomic E-state index is 0.327. The number of nitrogens with two attached hydrogens (primary N) is 1. The van der Waals surface area contributed by atoms with E-state index in [1.807, 2.05) is 12.1 Å². The second-order valence-corrected chi connectivity index (χ2v) is 3.92. The minimum Gasteiger partial charge on any atom is -0.367 e. The Hall–Kier alpha value is -1.000. The first kappa shape index (κ1) is 7.64. The Labute approximate surface area is 77.7 Å². The van der Waals surface area contributed by atoms with E-state index < -0.39 is 0 Å². The molecule has 12 heavy (non-hydrogen) atoms. The van der Waals surface area contributed by atoms with Crippen LogP contribution in [0.5, 0.6) is 0 Å². The Morgan fingerprint density at radius 2 is 2.33 bits per heavy atom. The number of rotatable bonds is 1. The molecular weight excluding hydrogens is 196 g/mol. The zero-order valence-corrected chi connectivity index (χ0v) is 7.52. The van der Waals surface area contributed by atoms with Crippen LogP contribution in [0, 0.1) is 0 Å². The van der Waals surface area contributed by atoms with Crippen molar-refractivity contribution in [3.05, 3.63) is 22.7 Å². The first-order valence-corrected chi connectivity index (χ1v) is 4.42. The van der Waals surface area contributed by atoms with Crippen LogP contribution in [0.1, 0.15) is 0 Å². The van der Waals surface area contributed by atoms with Gasteiger partial charge in [0.2, 0.25) is 5.88 Å². The molecule has 0 aliphatic rings. The van der Waals surface area contributed by atoms with Crippen molar-refractivity contribution < 1.29 is 4.52 Å². The molecule has 3 nitrogen and oxygen atoms in total. The summed E-state index contributed by atoms with van der Waals surface area (Å²) in [5.41, 5.74) is 6.31. The molecule has 2 N–H and O–H groups in total. The number of hydrogen-bond donors (Lipinski definition) is 1. The molecule has 0 bridgehead atoms. The maximum absolute atomic E-state index is 5.76. The van der Waals surface area contributed by atoms with E-state index in [2.05, 4.69) is 5.16 Å². The van der Waals surface area contributed by atoms with E-state index in [-0.39, 0.29) is 0 Å². The summed E-state index contributed by atoms with van der Waals surface area (Å²) in [5, 5.41) is 3.57. The van der Waals surface area contributed by atoms with E-state index >= 15 is 0 Å². The molecular formula is C7H5ClN2OS. The summed E-state index contributed by atoms with van der Waals surface area (Å²) in [6.07, 6.45) is 1.58. The van der Waals surface area contributed by atoms with Gasteiger partial charge in [0.1, 0.15) is 0 Å². The van der Waals surface area contributed by atoms with Gasteiger partial charge in [-0.1, -0.05) is 16.8 Å². The highest BCUT2D eigenvalue weighted by Crippen LogP contribution is 2.33. The van der Waals surface area contributed by atoms with Gasteiger partial charge in [0, 0.05) is 4.88 Å². The lowest BCUT2D eigenvalue weighted by Crippen LogP contribution is -1.81. The van der Waals surface area contributed by atoms with Gasteiger partial charge in [-0.25, -0.2) is 0 Å². The molecule has 0 amide bonds. The molecule has 2 aromatic heterocycles. The summed E-state index contributed by atoms with van der Waals surface area (Å²) < 4.78 is 5.45. The highest BCUT2D eigenvalue weighted by Gasteiger charge is 2.08. The summed E-state index contributed by atoms with van der Waals surface area (Å²) >= 11 is 7.20. The zero-order chi connectivity index (χ0) is 8.55. The van der Waals surface area contributed by atoms with Gasteiger partial charge in [0.15, 0.2) is 0 Å². The topological polar surface area (TPSA) is 52.0 Å². The second-order valence-electron chi connectivity index (χ2n) is 2.21. The SMILES string of the molecule is Nc1oncc1-c1ccc(Cl)s1. The van der Waals surface area contributed by atoms with Crippen molar-refractivity contribution >= 4 is 28.8 Å². The van der Waals surface area contributed by atoms with E-state index in [4.69, 9.17) is 21.9 Å². The van der Waals surface area contributed by atoms with Crippen molar-refractivity contribution in [3.63, 3.8) is 0 Å². The molecule has 0 aromatic carbocycles. The highest BCUT2D eigenvalue weighted by atomic mass is 35.5. The predicted molar refractivity (Wildman–Crippen MR) is 49.2 cm³/mol. The van der Waals surface area contributed by atoms with E-state index in [1.54, 1.807) is 6.20 Å². The number of nitrogen functional groups attached to an aromatic ring is 1.